The molecule has 0 fully saturated rings. The fourth-order valence-corrected chi connectivity index (χ4v) is 2.34. The molecule has 0 saturated heterocycles. The van der Waals surface area contributed by atoms with Gasteiger partial charge >= 0.3 is 6.03 Å². The van der Waals surface area contributed by atoms with Gasteiger partial charge in [0.25, 0.3) is 0 Å². The molecular weight excluding hydrogens is 312 g/mol. The molecule has 1 aliphatic rings. The topological polar surface area (TPSA) is 99.7 Å². The summed E-state index contributed by atoms with van der Waals surface area (Å²) in [6, 6.07) is 12.1. The summed E-state index contributed by atoms with van der Waals surface area (Å²) in [6.45, 7) is 0.134. The van der Waals surface area contributed by atoms with Crippen LogP contribution in [0.2, 0.25) is 0 Å². The van der Waals surface area contributed by atoms with Gasteiger partial charge < -0.3 is 30.0 Å². The molecule has 2 amide bonds. The fourth-order valence-electron chi connectivity index (χ4n) is 2.34. The Morgan fingerprint density at radius 3 is 2.58 bits per heavy atom. The number of anilines is 1. The molecule has 0 bridgehead atoms. The van der Waals surface area contributed by atoms with Gasteiger partial charge in [0, 0.05) is 11.8 Å². The highest BCUT2D eigenvalue weighted by Crippen LogP contribution is 2.34. The first kappa shape index (κ1) is 15.7. The molecule has 2 aromatic carbocycles. The maximum Gasteiger partial charge on any atom is 0.319 e. The van der Waals surface area contributed by atoms with Crippen molar-refractivity contribution in [3.63, 3.8) is 0 Å². The lowest BCUT2D eigenvalue weighted by Crippen LogP contribution is -2.50. The Balaban J connectivity index is 1.62. The van der Waals surface area contributed by atoms with Crippen LogP contribution >= 0.6 is 0 Å². The second-order valence-corrected chi connectivity index (χ2v) is 5.23. The van der Waals surface area contributed by atoms with E-state index in [1.54, 1.807) is 42.5 Å². The molecule has 24 heavy (non-hydrogen) atoms. The molecule has 1 aliphatic heterocycles. The summed E-state index contributed by atoms with van der Waals surface area (Å²) < 4.78 is 10.4. The van der Waals surface area contributed by atoms with Crippen molar-refractivity contribution >= 4 is 17.7 Å². The molecular formula is C17H15N2O5-. The molecule has 2 N–H and O–H groups in total. The molecule has 1 atom stereocenters. The third-order valence-corrected chi connectivity index (χ3v) is 3.50. The van der Waals surface area contributed by atoms with Crippen molar-refractivity contribution in [2.24, 2.45) is 0 Å². The smallest absolute Gasteiger partial charge is 0.319 e. The van der Waals surface area contributed by atoms with Crippen LogP contribution in [0.25, 0.3) is 0 Å². The van der Waals surface area contributed by atoms with E-state index in [9.17, 15) is 14.7 Å². The van der Waals surface area contributed by atoms with E-state index >= 15 is 0 Å². The number of carboxylic acid groups (broad SMARTS) is 1. The van der Waals surface area contributed by atoms with Gasteiger partial charge in [-0.2, -0.15) is 0 Å². The van der Waals surface area contributed by atoms with E-state index < -0.39 is 18.0 Å². The lowest BCUT2D eigenvalue weighted by Gasteiger charge is -2.20. The molecule has 0 aliphatic carbocycles. The van der Waals surface area contributed by atoms with Crippen LogP contribution in [0, 0.1) is 0 Å². The van der Waals surface area contributed by atoms with Crippen LogP contribution in [-0.4, -0.2) is 24.8 Å². The summed E-state index contributed by atoms with van der Waals surface area (Å²) in [5, 5.41) is 16.2. The van der Waals surface area contributed by atoms with Crippen molar-refractivity contribution in [2.75, 3.05) is 12.1 Å². The van der Waals surface area contributed by atoms with E-state index in [0.717, 1.165) is 5.56 Å². The van der Waals surface area contributed by atoms with Gasteiger partial charge in [-0.25, -0.2) is 4.79 Å². The normalized spacial score (nSPS) is 13.2. The number of fused-ring (bicyclic) bond motifs is 1. The number of hydrogen-bond donors (Lipinski definition) is 2. The zero-order valence-electron chi connectivity index (χ0n) is 12.7. The van der Waals surface area contributed by atoms with Crippen LogP contribution in [-0.2, 0) is 11.2 Å². The van der Waals surface area contributed by atoms with Gasteiger partial charge in [0.05, 0.1) is 12.0 Å². The fraction of sp³-hybridized carbons (Fsp3) is 0.176. The lowest BCUT2D eigenvalue weighted by atomic mass is 10.1. The van der Waals surface area contributed by atoms with E-state index in [1.165, 1.54) is 0 Å². The van der Waals surface area contributed by atoms with Crippen LogP contribution in [0.4, 0.5) is 10.5 Å². The maximum absolute atomic E-state index is 12.0. The summed E-state index contributed by atoms with van der Waals surface area (Å²) in [5.74, 6) is -0.231. The molecule has 7 nitrogen and oxygen atoms in total. The Morgan fingerprint density at radius 2 is 1.83 bits per heavy atom. The summed E-state index contributed by atoms with van der Waals surface area (Å²) in [5.41, 5.74) is 1.25. The van der Waals surface area contributed by atoms with Gasteiger partial charge in [0.15, 0.2) is 11.5 Å². The van der Waals surface area contributed by atoms with Gasteiger partial charge in [0.1, 0.15) is 0 Å². The highest BCUT2D eigenvalue weighted by molar-refractivity contribution is 5.92. The molecule has 2 aromatic rings. The van der Waals surface area contributed by atoms with E-state index in [0.29, 0.717) is 17.2 Å². The van der Waals surface area contributed by atoms with Crippen LogP contribution in [0.3, 0.4) is 0 Å². The summed E-state index contributed by atoms with van der Waals surface area (Å²) >= 11 is 0. The average molecular weight is 327 g/mol. The highest BCUT2D eigenvalue weighted by atomic mass is 16.7. The highest BCUT2D eigenvalue weighted by Gasteiger charge is 2.17. The van der Waals surface area contributed by atoms with Crippen molar-refractivity contribution in [3.8, 4) is 11.5 Å². The summed E-state index contributed by atoms with van der Waals surface area (Å²) in [4.78, 5) is 23.3. The number of rotatable bonds is 5. The SMILES string of the molecule is O=C(Nc1ccc2c(c1)OCO2)N[C@@H](Cc1ccccc1)C(=O)[O-]. The predicted molar refractivity (Wildman–Crippen MR) is 83.7 cm³/mol. The first-order valence-corrected chi connectivity index (χ1v) is 7.34. The molecule has 0 radical (unpaired) electrons. The zero-order chi connectivity index (χ0) is 16.9. The number of benzene rings is 2. The van der Waals surface area contributed by atoms with Gasteiger partial charge in [-0.05, 0) is 24.1 Å². The quantitative estimate of drug-likeness (QED) is 0.850. The number of aliphatic carboxylic acids is 1. The van der Waals surface area contributed by atoms with Gasteiger partial charge in [-0.15, -0.1) is 0 Å². The number of amides is 2. The Hall–Kier alpha value is -3.22. The number of carbonyl (C=O) groups excluding carboxylic acids is 2. The van der Waals surface area contributed by atoms with E-state index in [4.69, 9.17) is 9.47 Å². The van der Waals surface area contributed by atoms with Crippen LogP contribution in [0.5, 0.6) is 11.5 Å². The Labute approximate surface area is 138 Å². The lowest BCUT2D eigenvalue weighted by molar-refractivity contribution is -0.308. The first-order valence-electron chi connectivity index (χ1n) is 7.34. The third-order valence-electron chi connectivity index (χ3n) is 3.50. The zero-order valence-corrected chi connectivity index (χ0v) is 12.7. The molecule has 0 saturated carbocycles. The van der Waals surface area contributed by atoms with Gasteiger partial charge in [-0.1, -0.05) is 30.3 Å². The summed E-state index contributed by atoms with van der Waals surface area (Å²) in [6.07, 6.45) is 0.137. The minimum atomic E-state index is -1.35. The number of carbonyl (C=O) groups is 2. The van der Waals surface area contributed by atoms with E-state index in [1.807, 2.05) is 6.07 Å². The van der Waals surface area contributed by atoms with Crippen LogP contribution < -0.4 is 25.2 Å². The van der Waals surface area contributed by atoms with Gasteiger partial charge in [-0.3, -0.25) is 0 Å². The van der Waals surface area contributed by atoms with Crippen LogP contribution in [0.1, 0.15) is 5.56 Å². The van der Waals surface area contributed by atoms with Crippen molar-refractivity contribution in [2.45, 2.75) is 12.5 Å². The van der Waals surface area contributed by atoms with Crippen molar-refractivity contribution in [1.82, 2.24) is 5.32 Å². The first-order chi connectivity index (χ1) is 11.6. The van der Waals surface area contributed by atoms with E-state index in [2.05, 4.69) is 10.6 Å². The number of nitrogens with one attached hydrogen (secondary N) is 2. The van der Waals surface area contributed by atoms with Crippen molar-refractivity contribution < 1.29 is 24.2 Å². The predicted octanol–water partition coefficient (Wildman–Crippen LogP) is 0.898. The average Bonchev–Trinajstić information content (AvgIpc) is 3.02. The summed E-state index contributed by atoms with van der Waals surface area (Å²) in [7, 11) is 0. The van der Waals surface area contributed by atoms with Crippen molar-refractivity contribution in [3.05, 3.63) is 54.1 Å². The monoisotopic (exact) mass is 327 g/mol. The largest absolute Gasteiger partial charge is 0.548 e. The van der Waals surface area contributed by atoms with Crippen LogP contribution in [0.15, 0.2) is 48.5 Å². The third kappa shape index (κ3) is 3.75. The van der Waals surface area contributed by atoms with E-state index in [-0.39, 0.29) is 13.2 Å². The Morgan fingerprint density at radius 1 is 1.08 bits per heavy atom. The Kier molecular flexibility index (Phi) is 4.51. The molecule has 0 unspecified atom stereocenters. The number of ether oxygens (including phenoxy) is 2. The molecule has 124 valence electrons. The molecule has 0 aromatic heterocycles. The molecule has 3 rings (SSSR count). The van der Waals surface area contributed by atoms with Crippen molar-refractivity contribution in [1.29, 1.82) is 0 Å². The molecule has 0 spiro atoms. The molecule has 1 heterocycles. The maximum atomic E-state index is 12.0. The minimum Gasteiger partial charge on any atom is -0.548 e. The molecule has 7 heteroatoms. The minimum absolute atomic E-state index is 0.134. The number of hydrogen-bond acceptors (Lipinski definition) is 5. The number of urea groups is 1. The second kappa shape index (κ2) is 6.91. The number of carboxylic acids is 1. The Bertz CT molecular complexity index is 748. The van der Waals surface area contributed by atoms with Gasteiger partial charge in [0.2, 0.25) is 6.79 Å². The standard InChI is InChI=1S/C17H16N2O5/c20-16(21)13(8-11-4-2-1-3-5-11)19-17(22)18-12-6-7-14-15(9-12)24-10-23-14/h1-7,9,13H,8,10H2,(H,20,21)(H2,18,19,22)/p-1/t13-/m0/s1. The second-order valence-electron chi connectivity index (χ2n) is 5.23.